The fraction of sp³-hybridized carbons (Fsp3) is 0.333. The zero-order chi connectivity index (χ0) is 14.7. The third-order valence-electron chi connectivity index (χ3n) is 3.86. The van der Waals surface area contributed by atoms with Crippen LogP contribution in [0.5, 0.6) is 5.75 Å². The summed E-state index contributed by atoms with van der Waals surface area (Å²) in [6.07, 6.45) is 2.08. The van der Waals surface area contributed by atoms with Crippen LogP contribution in [0.25, 0.3) is 0 Å². The van der Waals surface area contributed by atoms with Crippen molar-refractivity contribution in [3.05, 3.63) is 63.6 Å². The molecule has 2 aromatic carbocycles. The van der Waals surface area contributed by atoms with E-state index in [0.29, 0.717) is 6.04 Å². The summed E-state index contributed by atoms with van der Waals surface area (Å²) in [5, 5.41) is 3.60. The van der Waals surface area contributed by atoms with Crippen molar-refractivity contribution in [3.63, 3.8) is 0 Å². The van der Waals surface area contributed by atoms with Gasteiger partial charge in [-0.2, -0.15) is 0 Å². The molecule has 1 aliphatic rings. The van der Waals surface area contributed by atoms with Crippen LogP contribution >= 0.6 is 15.9 Å². The molecule has 0 radical (unpaired) electrons. The van der Waals surface area contributed by atoms with Crippen LogP contribution in [0.1, 0.15) is 23.6 Å². The van der Waals surface area contributed by atoms with Gasteiger partial charge in [-0.3, -0.25) is 0 Å². The number of nitrogens with one attached hydrogen (secondary N) is 1. The van der Waals surface area contributed by atoms with E-state index in [2.05, 4.69) is 70.6 Å². The lowest BCUT2D eigenvalue weighted by Gasteiger charge is -2.14. The van der Waals surface area contributed by atoms with E-state index >= 15 is 0 Å². The molecule has 3 heteroatoms. The number of ether oxygens (including phenoxy) is 1. The van der Waals surface area contributed by atoms with Gasteiger partial charge < -0.3 is 10.1 Å². The Morgan fingerprint density at radius 3 is 2.71 bits per heavy atom. The number of fused-ring (bicyclic) bond motifs is 1. The highest BCUT2D eigenvalue weighted by Crippen LogP contribution is 2.25. The molecule has 0 aromatic heterocycles. The maximum Gasteiger partial charge on any atom is 0.122 e. The van der Waals surface area contributed by atoms with Crippen LogP contribution in [-0.4, -0.2) is 12.6 Å². The molecule has 110 valence electrons. The van der Waals surface area contributed by atoms with E-state index in [1.54, 1.807) is 0 Å². The lowest BCUT2D eigenvalue weighted by Crippen LogP contribution is -2.27. The first-order chi connectivity index (χ1) is 10.2. The third kappa shape index (κ3) is 3.86. The van der Waals surface area contributed by atoms with Crippen molar-refractivity contribution in [2.24, 2.45) is 0 Å². The van der Waals surface area contributed by atoms with Crippen molar-refractivity contribution in [1.29, 1.82) is 0 Å². The third-order valence-corrected chi connectivity index (χ3v) is 4.39. The molecular weight excluding hydrogens is 326 g/mol. The molecule has 3 rings (SSSR count). The van der Waals surface area contributed by atoms with Gasteiger partial charge in [-0.1, -0.05) is 40.2 Å². The van der Waals surface area contributed by atoms with Crippen molar-refractivity contribution >= 4 is 15.9 Å². The van der Waals surface area contributed by atoms with Crippen molar-refractivity contribution in [2.45, 2.75) is 32.4 Å². The minimum atomic E-state index is 0.454. The quantitative estimate of drug-likeness (QED) is 0.880. The van der Waals surface area contributed by atoms with Crippen LogP contribution in [-0.2, 0) is 19.4 Å². The Morgan fingerprint density at radius 1 is 1.14 bits per heavy atom. The Bertz CT molecular complexity index is 609. The zero-order valence-electron chi connectivity index (χ0n) is 12.2. The second-order valence-corrected chi connectivity index (χ2v) is 6.57. The standard InChI is InChI=1S/C18H20BrNO/c1-13(10-14-2-5-17(19)6-3-14)20-12-15-4-7-18-16(11-15)8-9-21-18/h2-7,11,13,20H,8-10,12H2,1H3. The van der Waals surface area contributed by atoms with Crippen LogP contribution in [0.4, 0.5) is 0 Å². The van der Waals surface area contributed by atoms with E-state index in [9.17, 15) is 0 Å². The monoisotopic (exact) mass is 345 g/mol. The fourth-order valence-electron chi connectivity index (χ4n) is 2.69. The topological polar surface area (TPSA) is 21.3 Å². The average Bonchev–Trinajstić information content (AvgIpc) is 2.95. The van der Waals surface area contributed by atoms with Crippen molar-refractivity contribution in [1.82, 2.24) is 5.32 Å². The normalized spacial score (nSPS) is 14.6. The maximum atomic E-state index is 5.54. The molecule has 1 unspecified atom stereocenters. The summed E-state index contributed by atoms with van der Waals surface area (Å²) in [5.74, 6) is 1.06. The van der Waals surface area contributed by atoms with E-state index in [-0.39, 0.29) is 0 Å². The van der Waals surface area contributed by atoms with Crippen molar-refractivity contribution in [3.8, 4) is 5.75 Å². The molecule has 0 spiro atoms. The molecule has 0 saturated heterocycles. The van der Waals surface area contributed by atoms with Crippen LogP contribution in [0.3, 0.4) is 0 Å². The van der Waals surface area contributed by atoms with Crippen molar-refractivity contribution < 1.29 is 4.74 Å². The SMILES string of the molecule is CC(Cc1ccc(Br)cc1)NCc1ccc2c(c1)CCO2. The molecule has 0 saturated carbocycles. The van der Waals surface area contributed by atoms with E-state index in [1.807, 2.05) is 0 Å². The Kier molecular flexibility index (Phi) is 4.61. The summed E-state index contributed by atoms with van der Waals surface area (Å²) in [5.41, 5.74) is 4.04. The van der Waals surface area contributed by atoms with Gasteiger partial charge in [0.15, 0.2) is 0 Å². The highest BCUT2D eigenvalue weighted by molar-refractivity contribution is 9.10. The number of hydrogen-bond donors (Lipinski definition) is 1. The molecule has 21 heavy (non-hydrogen) atoms. The molecule has 1 N–H and O–H groups in total. The molecular formula is C18H20BrNO. The second kappa shape index (κ2) is 6.63. The minimum absolute atomic E-state index is 0.454. The predicted octanol–water partition coefficient (Wildman–Crippen LogP) is 4.10. The summed E-state index contributed by atoms with van der Waals surface area (Å²) in [6.45, 7) is 3.97. The summed E-state index contributed by atoms with van der Waals surface area (Å²) in [4.78, 5) is 0. The van der Waals surface area contributed by atoms with Gasteiger partial charge in [-0.25, -0.2) is 0 Å². The van der Waals surface area contributed by atoms with E-state index in [0.717, 1.165) is 36.2 Å². The van der Waals surface area contributed by atoms with Gasteiger partial charge in [-0.15, -0.1) is 0 Å². The Hall–Kier alpha value is -1.32. The molecule has 1 heterocycles. The molecule has 2 nitrogen and oxygen atoms in total. The summed E-state index contributed by atoms with van der Waals surface area (Å²) < 4.78 is 6.68. The number of hydrogen-bond acceptors (Lipinski definition) is 2. The zero-order valence-corrected chi connectivity index (χ0v) is 13.8. The van der Waals surface area contributed by atoms with E-state index < -0.39 is 0 Å². The van der Waals surface area contributed by atoms with Crippen LogP contribution in [0.2, 0.25) is 0 Å². The second-order valence-electron chi connectivity index (χ2n) is 5.65. The van der Waals surface area contributed by atoms with Crippen LogP contribution in [0, 0.1) is 0 Å². The van der Waals surface area contributed by atoms with E-state index in [4.69, 9.17) is 4.74 Å². The molecule has 2 aromatic rings. The first kappa shape index (κ1) is 14.6. The smallest absolute Gasteiger partial charge is 0.122 e. The minimum Gasteiger partial charge on any atom is -0.493 e. The molecule has 0 fully saturated rings. The van der Waals surface area contributed by atoms with Crippen LogP contribution < -0.4 is 10.1 Å². The fourth-order valence-corrected chi connectivity index (χ4v) is 2.95. The highest BCUT2D eigenvalue weighted by Gasteiger charge is 2.12. The number of rotatable bonds is 5. The van der Waals surface area contributed by atoms with E-state index in [1.165, 1.54) is 16.7 Å². The first-order valence-corrected chi connectivity index (χ1v) is 8.22. The molecule has 0 amide bonds. The van der Waals surface area contributed by atoms with Gasteiger partial charge in [0, 0.05) is 23.5 Å². The Labute approximate surface area is 134 Å². The number of benzene rings is 2. The van der Waals surface area contributed by atoms with Crippen molar-refractivity contribution in [2.75, 3.05) is 6.61 Å². The predicted molar refractivity (Wildman–Crippen MR) is 89.8 cm³/mol. The van der Waals surface area contributed by atoms with Gasteiger partial charge in [0.05, 0.1) is 6.61 Å². The van der Waals surface area contributed by atoms with Crippen LogP contribution in [0.15, 0.2) is 46.9 Å². The highest BCUT2D eigenvalue weighted by atomic mass is 79.9. The van der Waals surface area contributed by atoms with Gasteiger partial charge in [0.1, 0.15) is 5.75 Å². The molecule has 0 bridgehead atoms. The van der Waals surface area contributed by atoms with Gasteiger partial charge in [0.25, 0.3) is 0 Å². The lowest BCUT2D eigenvalue weighted by molar-refractivity contribution is 0.357. The number of halogens is 1. The summed E-state index contributed by atoms with van der Waals surface area (Å²) in [6, 6.07) is 15.5. The molecule has 0 aliphatic carbocycles. The Morgan fingerprint density at radius 2 is 1.90 bits per heavy atom. The molecule has 1 aliphatic heterocycles. The first-order valence-electron chi connectivity index (χ1n) is 7.43. The lowest BCUT2D eigenvalue weighted by atomic mass is 10.1. The summed E-state index contributed by atoms with van der Waals surface area (Å²) >= 11 is 3.47. The average molecular weight is 346 g/mol. The Balaban J connectivity index is 1.53. The van der Waals surface area contributed by atoms with Gasteiger partial charge in [0.2, 0.25) is 0 Å². The molecule has 1 atom stereocenters. The maximum absolute atomic E-state index is 5.54. The van der Waals surface area contributed by atoms with Gasteiger partial charge >= 0.3 is 0 Å². The summed E-state index contributed by atoms with van der Waals surface area (Å²) in [7, 11) is 0. The largest absolute Gasteiger partial charge is 0.493 e. The van der Waals surface area contributed by atoms with Gasteiger partial charge in [-0.05, 0) is 48.2 Å².